The predicted molar refractivity (Wildman–Crippen MR) is 82.4 cm³/mol. The first-order chi connectivity index (χ1) is 9.76. The van der Waals surface area contributed by atoms with Crippen LogP contribution >= 0.6 is 22.7 Å². The maximum atomic E-state index is 9.30. The van der Waals surface area contributed by atoms with Gasteiger partial charge in [-0.25, -0.2) is 4.98 Å². The van der Waals surface area contributed by atoms with Gasteiger partial charge in [0.05, 0.1) is 16.1 Å². The molecule has 0 saturated heterocycles. The van der Waals surface area contributed by atoms with Gasteiger partial charge in [0.15, 0.2) is 0 Å². The van der Waals surface area contributed by atoms with E-state index in [1.54, 1.807) is 17.4 Å². The molecule has 0 fully saturated rings. The van der Waals surface area contributed by atoms with Crippen molar-refractivity contribution in [3.05, 3.63) is 51.6 Å². The molecule has 0 aliphatic carbocycles. The number of nitriles is 1. The Morgan fingerprint density at radius 1 is 1.35 bits per heavy atom. The number of rotatable bonds is 3. The molecule has 0 spiro atoms. The first-order valence-corrected chi connectivity index (χ1v) is 7.70. The minimum absolute atomic E-state index is 0.521. The number of allylic oxidation sites excluding steroid dienone is 1. The highest BCUT2D eigenvalue weighted by Crippen LogP contribution is 2.29. The van der Waals surface area contributed by atoms with Gasteiger partial charge in [0.1, 0.15) is 22.6 Å². The Hall–Kier alpha value is -2.16. The van der Waals surface area contributed by atoms with E-state index in [1.807, 2.05) is 41.9 Å². The molecule has 20 heavy (non-hydrogen) atoms. The van der Waals surface area contributed by atoms with Crippen LogP contribution < -0.4 is 0 Å². The summed E-state index contributed by atoms with van der Waals surface area (Å²) in [6.07, 6.45) is 1.73. The molecular weight excluding hydrogens is 288 g/mol. The lowest BCUT2D eigenvalue weighted by Crippen LogP contribution is -1.80. The number of furan rings is 1. The fourth-order valence-electron chi connectivity index (χ4n) is 1.75. The lowest BCUT2D eigenvalue weighted by atomic mass is 10.2. The molecule has 0 radical (unpaired) electrons. The first-order valence-electron chi connectivity index (χ1n) is 5.94. The van der Waals surface area contributed by atoms with Crippen LogP contribution in [0.25, 0.3) is 22.2 Å². The Bertz CT molecular complexity index is 788. The van der Waals surface area contributed by atoms with Gasteiger partial charge in [0, 0.05) is 11.5 Å². The van der Waals surface area contributed by atoms with Crippen molar-refractivity contribution in [1.29, 1.82) is 5.26 Å². The quantitative estimate of drug-likeness (QED) is 0.650. The first kappa shape index (κ1) is 12.9. The topological polar surface area (TPSA) is 49.8 Å². The fraction of sp³-hybridized carbons (Fsp3) is 0.0667. The third-order valence-electron chi connectivity index (χ3n) is 2.68. The Labute approximate surface area is 124 Å². The van der Waals surface area contributed by atoms with Crippen molar-refractivity contribution < 1.29 is 4.42 Å². The van der Waals surface area contributed by atoms with Crippen molar-refractivity contribution in [3.63, 3.8) is 0 Å². The van der Waals surface area contributed by atoms with E-state index in [0.29, 0.717) is 16.3 Å². The van der Waals surface area contributed by atoms with Gasteiger partial charge < -0.3 is 4.42 Å². The molecule has 0 aliphatic rings. The number of nitrogens with zero attached hydrogens (tertiary/aromatic N) is 2. The van der Waals surface area contributed by atoms with E-state index in [9.17, 15) is 5.26 Å². The smallest absolute Gasteiger partial charge is 0.134 e. The average Bonchev–Trinajstić information content (AvgIpc) is 3.17. The lowest BCUT2D eigenvalue weighted by molar-refractivity contribution is 0.525. The molecular formula is C15H10N2OS2. The van der Waals surface area contributed by atoms with E-state index in [-0.39, 0.29) is 0 Å². The molecule has 3 aromatic rings. The van der Waals surface area contributed by atoms with Crippen molar-refractivity contribution in [2.24, 2.45) is 0 Å². The Morgan fingerprint density at radius 2 is 2.25 bits per heavy atom. The van der Waals surface area contributed by atoms with Crippen molar-refractivity contribution in [3.8, 4) is 16.6 Å². The highest BCUT2D eigenvalue weighted by molar-refractivity contribution is 7.14. The van der Waals surface area contributed by atoms with Gasteiger partial charge >= 0.3 is 0 Å². The number of aryl methyl sites for hydroxylation is 1. The second-order valence-corrected chi connectivity index (χ2v) is 5.94. The van der Waals surface area contributed by atoms with E-state index < -0.39 is 0 Å². The molecule has 0 saturated carbocycles. The summed E-state index contributed by atoms with van der Waals surface area (Å²) in [5.41, 5.74) is 1.43. The zero-order valence-electron chi connectivity index (χ0n) is 10.7. The molecule has 0 aromatic carbocycles. The summed E-state index contributed by atoms with van der Waals surface area (Å²) in [6, 6.07) is 9.92. The van der Waals surface area contributed by atoms with Crippen molar-refractivity contribution in [2.45, 2.75) is 6.92 Å². The summed E-state index contributed by atoms with van der Waals surface area (Å²) in [5.74, 6) is 1.50. The lowest BCUT2D eigenvalue weighted by Gasteiger charge is -1.92. The minimum atomic E-state index is 0.521. The second-order valence-electron chi connectivity index (χ2n) is 4.13. The molecule has 0 unspecified atom stereocenters. The van der Waals surface area contributed by atoms with Crippen molar-refractivity contribution >= 4 is 34.3 Å². The molecule has 0 N–H and O–H groups in total. The van der Waals surface area contributed by atoms with E-state index in [4.69, 9.17) is 4.42 Å². The van der Waals surface area contributed by atoms with Crippen LogP contribution in [0.15, 0.2) is 39.4 Å². The Morgan fingerprint density at radius 3 is 2.90 bits per heavy atom. The molecule has 3 nitrogen and oxygen atoms in total. The number of hydrogen-bond donors (Lipinski definition) is 0. The summed E-state index contributed by atoms with van der Waals surface area (Å²) >= 11 is 3.11. The largest absolute Gasteiger partial charge is 0.462 e. The van der Waals surface area contributed by atoms with Gasteiger partial charge in [-0.2, -0.15) is 5.26 Å². The fourth-order valence-corrected chi connectivity index (χ4v) is 3.30. The minimum Gasteiger partial charge on any atom is -0.462 e. The van der Waals surface area contributed by atoms with Crippen LogP contribution in [-0.2, 0) is 0 Å². The van der Waals surface area contributed by atoms with E-state index in [0.717, 1.165) is 16.3 Å². The number of thiophene rings is 1. The summed E-state index contributed by atoms with van der Waals surface area (Å²) in [6.45, 7) is 1.88. The van der Waals surface area contributed by atoms with Crippen LogP contribution in [0.1, 0.15) is 16.5 Å². The molecule has 0 aliphatic heterocycles. The Kier molecular flexibility index (Phi) is 3.50. The third kappa shape index (κ3) is 2.57. The van der Waals surface area contributed by atoms with Crippen LogP contribution in [0.4, 0.5) is 0 Å². The maximum Gasteiger partial charge on any atom is 0.134 e. The van der Waals surface area contributed by atoms with Gasteiger partial charge in [-0.15, -0.1) is 22.7 Å². The molecule has 3 aromatic heterocycles. The number of hydrogen-bond acceptors (Lipinski definition) is 5. The molecule has 0 amide bonds. The normalized spacial score (nSPS) is 11.5. The van der Waals surface area contributed by atoms with Crippen LogP contribution in [-0.4, -0.2) is 4.98 Å². The SMILES string of the molecule is Cc1ccc(/C=C(\C#N)c2nc(-c3cccs3)cs2)o1. The van der Waals surface area contributed by atoms with Gasteiger partial charge in [-0.3, -0.25) is 0 Å². The molecule has 0 atom stereocenters. The van der Waals surface area contributed by atoms with Gasteiger partial charge in [0.2, 0.25) is 0 Å². The highest BCUT2D eigenvalue weighted by atomic mass is 32.1. The van der Waals surface area contributed by atoms with E-state index in [1.165, 1.54) is 11.3 Å². The highest BCUT2D eigenvalue weighted by Gasteiger charge is 2.10. The molecule has 5 heteroatoms. The monoisotopic (exact) mass is 298 g/mol. The third-order valence-corrected chi connectivity index (χ3v) is 4.44. The van der Waals surface area contributed by atoms with Crippen LogP contribution in [0, 0.1) is 18.3 Å². The summed E-state index contributed by atoms with van der Waals surface area (Å²) in [7, 11) is 0. The van der Waals surface area contributed by atoms with E-state index >= 15 is 0 Å². The zero-order chi connectivity index (χ0) is 13.9. The zero-order valence-corrected chi connectivity index (χ0v) is 12.3. The second kappa shape index (κ2) is 5.45. The standard InChI is InChI=1S/C15H10N2OS2/c1-10-4-5-12(18-10)7-11(8-16)15-17-13(9-20-15)14-3-2-6-19-14/h2-7,9H,1H3/b11-7+. The summed E-state index contributed by atoms with van der Waals surface area (Å²) < 4.78 is 5.47. The van der Waals surface area contributed by atoms with Crippen LogP contribution in [0.2, 0.25) is 0 Å². The Balaban J connectivity index is 1.95. The van der Waals surface area contributed by atoms with Crippen molar-refractivity contribution in [2.75, 3.05) is 0 Å². The van der Waals surface area contributed by atoms with Crippen molar-refractivity contribution in [1.82, 2.24) is 4.98 Å². The number of thiazole rings is 1. The van der Waals surface area contributed by atoms with Crippen LogP contribution in [0.3, 0.4) is 0 Å². The van der Waals surface area contributed by atoms with E-state index in [2.05, 4.69) is 11.1 Å². The molecule has 0 bridgehead atoms. The van der Waals surface area contributed by atoms with Crippen LogP contribution in [0.5, 0.6) is 0 Å². The molecule has 3 heterocycles. The maximum absolute atomic E-state index is 9.30. The molecule has 98 valence electrons. The number of aromatic nitrogens is 1. The average molecular weight is 298 g/mol. The summed E-state index contributed by atoms with van der Waals surface area (Å²) in [5, 5.41) is 14.0. The molecule has 3 rings (SSSR count). The van der Waals surface area contributed by atoms with Gasteiger partial charge in [-0.05, 0) is 30.5 Å². The summed E-state index contributed by atoms with van der Waals surface area (Å²) in [4.78, 5) is 5.63. The van der Waals surface area contributed by atoms with Gasteiger partial charge in [-0.1, -0.05) is 6.07 Å². The predicted octanol–water partition coefficient (Wildman–Crippen LogP) is 4.84. The van der Waals surface area contributed by atoms with Gasteiger partial charge in [0.25, 0.3) is 0 Å².